The summed E-state index contributed by atoms with van der Waals surface area (Å²) in [6, 6.07) is 67.3. The highest BCUT2D eigenvalue weighted by Gasteiger charge is 2.36. The fourth-order valence-electron chi connectivity index (χ4n) is 9.89. The Morgan fingerprint density at radius 2 is 0.821 bits per heavy atom. The molecule has 1 heteroatoms. The molecule has 0 fully saturated rings. The van der Waals surface area contributed by atoms with Gasteiger partial charge in [-0.05, 0) is 135 Å². The molecule has 0 N–H and O–H groups in total. The van der Waals surface area contributed by atoms with E-state index in [-0.39, 0.29) is 5.41 Å². The van der Waals surface area contributed by atoms with Crippen LogP contribution in [-0.2, 0) is 5.41 Å². The molecular formula is C55H36O. The molecule has 10 aromatic carbocycles. The van der Waals surface area contributed by atoms with Gasteiger partial charge in [0, 0.05) is 16.2 Å². The van der Waals surface area contributed by atoms with E-state index in [4.69, 9.17) is 4.42 Å². The van der Waals surface area contributed by atoms with Gasteiger partial charge in [-0.3, -0.25) is 0 Å². The highest BCUT2D eigenvalue weighted by atomic mass is 16.3. The predicted octanol–water partition coefficient (Wildman–Crippen LogP) is 15.5. The Morgan fingerprint density at radius 1 is 0.321 bits per heavy atom. The third kappa shape index (κ3) is 4.43. The van der Waals surface area contributed by atoms with Crippen molar-refractivity contribution in [3.63, 3.8) is 0 Å². The van der Waals surface area contributed by atoms with E-state index >= 15 is 0 Å². The van der Waals surface area contributed by atoms with E-state index in [1.807, 2.05) is 0 Å². The molecule has 0 saturated heterocycles. The van der Waals surface area contributed by atoms with Crippen molar-refractivity contribution in [3.8, 4) is 44.5 Å². The first-order valence-corrected chi connectivity index (χ1v) is 19.6. The molecule has 0 atom stereocenters. The van der Waals surface area contributed by atoms with Crippen LogP contribution in [0.1, 0.15) is 25.0 Å². The van der Waals surface area contributed by atoms with Crippen LogP contribution < -0.4 is 0 Å². The van der Waals surface area contributed by atoms with Crippen LogP contribution >= 0.6 is 0 Å². The zero-order valence-corrected chi connectivity index (χ0v) is 31.2. The Bertz CT molecular complexity index is 3390. The average molecular weight is 713 g/mol. The molecule has 1 heterocycles. The molecule has 1 aliphatic carbocycles. The van der Waals surface area contributed by atoms with Crippen LogP contribution in [0.4, 0.5) is 0 Å². The largest absolute Gasteiger partial charge is 0.456 e. The topological polar surface area (TPSA) is 13.1 Å². The SMILES string of the molecule is CC1(C)c2cc(-c3ccc4oc5cc6ccccc6cc5c4c3)ccc2-c2ccc(-c3c4ccccc4c(-c4cccc5ccccc45)c4ccccc34)cc21. The lowest BCUT2D eigenvalue weighted by molar-refractivity contribution is 0.661. The van der Waals surface area contributed by atoms with Crippen molar-refractivity contribution in [3.05, 3.63) is 193 Å². The lowest BCUT2D eigenvalue weighted by Gasteiger charge is -2.23. The molecular weight excluding hydrogens is 677 g/mol. The number of rotatable bonds is 3. The van der Waals surface area contributed by atoms with Crippen LogP contribution in [0.3, 0.4) is 0 Å². The van der Waals surface area contributed by atoms with Crippen molar-refractivity contribution in [1.82, 2.24) is 0 Å². The van der Waals surface area contributed by atoms with Gasteiger partial charge in [-0.15, -0.1) is 0 Å². The summed E-state index contributed by atoms with van der Waals surface area (Å²) in [6.07, 6.45) is 0. The van der Waals surface area contributed by atoms with Crippen LogP contribution in [0, 0.1) is 0 Å². The Hall–Kier alpha value is -6.96. The van der Waals surface area contributed by atoms with Crippen LogP contribution in [-0.4, -0.2) is 0 Å². The first-order valence-electron chi connectivity index (χ1n) is 19.6. The quantitative estimate of drug-likeness (QED) is 0.166. The van der Waals surface area contributed by atoms with Crippen LogP contribution in [0.2, 0.25) is 0 Å². The summed E-state index contributed by atoms with van der Waals surface area (Å²) in [5, 5.41) is 12.4. The molecule has 0 aliphatic heterocycles. The van der Waals surface area contributed by atoms with Crippen LogP contribution in [0.15, 0.2) is 186 Å². The molecule has 1 aromatic heterocycles. The van der Waals surface area contributed by atoms with E-state index in [2.05, 4.69) is 196 Å². The molecule has 1 nitrogen and oxygen atoms in total. The number of hydrogen-bond donors (Lipinski definition) is 0. The minimum absolute atomic E-state index is 0.184. The van der Waals surface area contributed by atoms with Crippen molar-refractivity contribution in [2.24, 2.45) is 0 Å². The lowest BCUT2D eigenvalue weighted by atomic mass is 9.80. The van der Waals surface area contributed by atoms with E-state index in [9.17, 15) is 0 Å². The average Bonchev–Trinajstić information content (AvgIpc) is 3.71. The third-order valence-corrected chi connectivity index (χ3v) is 12.6. The zero-order chi connectivity index (χ0) is 37.1. The summed E-state index contributed by atoms with van der Waals surface area (Å²) >= 11 is 0. The molecule has 0 radical (unpaired) electrons. The summed E-state index contributed by atoms with van der Waals surface area (Å²) in [7, 11) is 0. The Balaban J connectivity index is 1.00. The molecule has 262 valence electrons. The molecule has 0 unspecified atom stereocenters. The van der Waals surface area contributed by atoms with Gasteiger partial charge in [0.1, 0.15) is 11.2 Å². The first-order chi connectivity index (χ1) is 27.5. The number of fused-ring (bicyclic) bond motifs is 10. The smallest absolute Gasteiger partial charge is 0.136 e. The fraction of sp³-hybridized carbons (Fsp3) is 0.0545. The summed E-state index contributed by atoms with van der Waals surface area (Å²) in [5.74, 6) is 0. The van der Waals surface area contributed by atoms with Gasteiger partial charge in [0.2, 0.25) is 0 Å². The van der Waals surface area contributed by atoms with Gasteiger partial charge >= 0.3 is 0 Å². The number of furan rings is 1. The molecule has 11 aromatic rings. The van der Waals surface area contributed by atoms with Gasteiger partial charge in [-0.1, -0.05) is 159 Å². The van der Waals surface area contributed by atoms with Gasteiger partial charge in [-0.25, -0.2) is 0 Å². The molecule has 0 bridgehead atoms. The van der Waals surface area contributed by atoms with Gasteiger partial charge in [0.25, 0.3) is 0 Å². The minimum atomic E-state index is -0.184. The maximum Gasteiger partial charge on any atom is 0.136 e. The monoisotopic (exact) mass is 712 g/mol. The second-order valence-electron chi connectivity index (χ2n) is 16.0. The summed E-state index contributed by atoms with van der Waals surface area (Å²) in [5.41, 5.74) is 14.6. The normalized spacial score (nSPS) is 13.3. The Labute approximate surface area is 325 Å². The summed E-state index contributed by atoms with van der Waals surface area (Å²) in [4.78, 5) is 0. The first kappa shape index (κ1) is 31.4. The summed E-state index contributed by atoms with van der Waals surface area (Å²) < 4.78 is 6.35. The molecule has 0 spiro atoms. The predicted molar refractivity (Wildman–Crippen MR) is 238 cm³/mol. The van der Waals surface area contributed by atoms with Crippen molar-refractivity contribution in [1.29, 1.82) is 0 Å². The van der Waals surface area contributed by atoms with Crippen LogP contribution in [0.25, 0.3) is 110 Å². The van der Waals surface area contributed by atoms with Gasteiger partial charge in [0.15, 0.2) is 0 Å². The minimum Gasteiger partial charge on any atom is -0.456 e. The van der Waals surface area contributed by atoms with Gasteiger partial charge < -0.3 is 4.42 Å². The van der Waals surface area contributed by atoms with Crippen molar-refractivity contribution in [2.45, 2.75) is 19.3 Å². The Kier molecular flexibility index (Phi) is 6.46. The highest BCUT2D eigenvalue weighted by Crippen LogP contribution is 2.52. The van der Waals surface area contributed by atoms with Gasteiger partial charge in [-0.2, -0.15) is 0 Å². The highest BCUT2D eigenvalue weighted by molar-refractivity contribution is 6.23. The fourth-order valence-corrected chi connectivity index (χ4v) is 9.89. The van der Waals surface area contributed by atoms with Crippen molar-refractivity contribution >= 4 is 65.0 Å². The summed E-state index contributed by atoms with van der Waals surface area (Å²) in [6.45, 7) is 4.78. The van der Waals surface area contributed by atoms with E-state index in [1.54, 1.807) is 0 Å². The second-order valence-corrected chi connectivity index (χ2v) is 16.0. The standard InChI is InChI=1S/C55H36O/c1-55(2)49-30-37(36-24-27-51-47(29-36)48-28-34-13-3-4-14-35(34)32-52(48)56-51)22-25-40(49)41-26-23-38(31-50(41)55)53-43-17-7-9-19-45(43)54(46-20-10-8-18-44(46)53)42-21-11-15-33-12-5-6-16-39(33)42/h3-32H,1-2H3. The maximum absolute atomic E-state index is 6.35. The number of benzene rings is 10. The van der Waals surface area contributed by atoms with E-state index in [0.717, 1.165) is 21.9 Å². The lowest BCUT2D eigenvalue weighted by Crippen LogP contribution is -2.15. The molecule has 56 heavy (non-hydrogen) atoms. The molecule has 0 saturated carbocycles. The number of hydrogen-bond acceptors (Lipinski definition) is 1. The van der Waals surface area contributed by atoms with Crippen LogP contribution in [0.5, 0.6) is 0 Å². The van der Waals surface area contributed by atoms with E-state index < -0.39 is 0 Å². The molecule has 12 rings (SSSR count). The maximum atomic E-state index is 6.35. The zero-order valence-electron chi connectivity index (χ0n) is 31.2. The third-order valence-electron chi connectivity index (χ3n) is 12.6. The van der Waals surface area contributed by atoms with Crippen molar-refractivity contribution < 1.29 is 4.42 Å². The molecule has 1 aliphatic rings. The second kappa shape index (κ2) is 11.5. The van der Waals surface area contributed by atoms with E-state index in [0.29, 0.717) is 0 Å². The van der Waals surface area contributed by atoms with Crippen molar-refractivity contribution in [2.75, 3.05) is 0 Å². The molecule has 0 amide bonds. The Morgan fingerprint density at radius 3 is 1.52 bits per heavy atom. The van der Waals surface area contributed by atoms with E-state index in [1.165, 1.54) is 98.7 Å². The van der Waals surface area contributed by atoms with Gasteiger partial charge in [0.05, 0.1) is 0 Å².